The number of nitrogens with zero attached hydrogens (tertiary/aromatic N) is 2. The highest BCUT2D eigenvalue weighted by molar-refractivity contribution is 5.89. The first-order valence-corrected chi connectivity index (χ1v) is 9.80. The summed E-state index contributed by atoms with van der Waals surface area (Å²) in [7, 11) is 0. The van der Waals surface area contributed by atoms with Crippen LogP contribution in [-0.4, -0.2) is 22.0 Å². The summed E-state index contributed by atoms with van der Waals surface area (Å²) >= 11 is 0. The number of anilines is 1. The Labute approximate surface area is 179 Å². The quantitative estimate of drug-likeness (QED) is 0.456. The third kappa shape index (κ3) is 6.01. The molecule has 0 saturated carbocycles. The fraction of sp³-hybridized carbons (Fsp3) is 0.208. The number of carbonyl (C=O) groups is 1. The normalized spacial score (nSPS) is 11.2. The monoisotopic (exact) mass is 427 g/mol. The molecule has 7 heteroatoms. The van der Waals surface area contributed by atoms with Gasteiger partial charge >= 0.3 is 12.2 Å². The van der Waals surface area contributed by atoms with E-state index in [0.717, 1.165) is 23.4 Å². The van der Waals surface area contributed by atoms with Crippen LogP contribution in [0.25, 0.3) is 0 Å². The van der Waals surface area contributed by atoms with E-state index in [0.29, 0.717) is 6.54 Å². The molecule has 0 atom stereocenters. The molecule has 0 saturated heterocycles. The van der Waals surface area contributed by atoms with E-state index in [-0.39, 0.29) is 18.8 Å². The van der Waals surface area contributed by atoms with Crippen molar-refractivity contribution in [3.63, 3.8) is 0 Å². The average Bonchev–Trinajstić information content (AvgIpc) is 3.14. The molecule has 0 fully saturated rings. The number of amides is 2. The zero-order valence-corrected chi connectivity index (χ0v) is 17.2. The van der Waals surface area contributed by atoms with Gasteiger partial charge in [0, 0.05) is 30.7 Å². The molecule has 0 spiro atoms. The topological polar surface area (TPSA) is 37.3 Å². The first-order chi connectivity index (χ1) is 14.8. The third-order valence-electron chi connectivity index (χ3n) is 4.79. The van der Waals surface area contributed by atoms with Crippen LogP contribution in [0, 0.1) is 6.92 Å². The largest absolute Gasteiger partial charge is 0.416 e. The van der Waals surface area contributed by atoms with Crippen molar-refractivity contribution in [2.75, 3.05) is 11.9 Å². The summed E-state index contributed by atoms with van der Waals surface area (Å²) in [6.07, 6.45) is -0.952. The highest BCUT2D eigenvalue weighted by Crippen LogP contribution is 2.30. The van der Waals surface area contributed by atoms with Gasteiger partial charge in [0.25, 0.3) is 0 Å². The van der Waals surface area contributed by atoms with Gasteiger partial charge in [-0.1, -0.05) is 42.0 Å². The fourth-order valence-corrected chi connectivity index (χ4v) is 3.30. The Bertz CT molecular complexity index is 1060. The lowest BCUT2D eigenvalue weighted by atomic mass is 10.1. The molecule has 0 aliphatic rings. The van der Waals surface area contributed by atoms with E-state index in [2.05, 4.69) is 18.0 Å². The van der Waals surface area contributed by atoms with Crippen molar-refractivity contribution in [2.45, 2.75) is 26.2 Å². The zero-order chi connectivity index (χ0) is 22.4. The summed E-state index contributed by atoms with van der Waals surface area (Å²) in [5.74, 6) is 0. The maximum Gasteiger partial charge on any atom is 0.416 e. The van der Waals surface area contributed by atoms with Gasteiger partial charge in [-0.25, -0.2) is 4.79 Å². The first kappa shape index (κ1) is 22.2. The number of carbonyl (C=O) groups excluding carboxylic acids is 1. The lowest BCUT2D eigenvalue weighted by Crippen LogP contribution is -2.35. The molecule has 0 bridgehead atoms. The molecule has 2 aromatic carbocycles. The van der Waals surface area contributed by atoms with E-state index in [9.17, 15) is 18.0 Å². The Morgan fingerprint density at radius 3 is 2.61 bits per heavy atom. The van der Waals surface area contributed by atoms with E-state index in [1.54, 1.807) is 6.08 Å². The number of aryl methyl sites for hydroxylation is 1. The van der Waals surface area contributed by atoms with Gasteiger partial charge in [-0.05, 0) is 42.8 Å². The molecule has 1 heterocycles. The lowest BCUT2D eigenvalue weighted by Gasteiger charge is -2.23. The number of hydrogen-bond donors (Lipinski definition) is 1. The SMILES string of the molecule is C=CCN(Cc1cccn1Cc1cccc(C)c1)C(=O)Nc1cccc(C(F)(F)F)c1. The van der Waals surface area contributed by atoms with Gasteiger partial charge in [0.05, 0.1) is 12.1 Å². The van der Waals surface area contributed by atoms with Crippen molar-refractivity contribution in [2.24, 2.45) is 0 Å². The van der Waals surface area contributed by atoms with Crippen LogP contribution < -0.4 is 5.32 Å². The summed E-state index contributed by atoms with van der Waals surface area (Å²) in [5.41, 5.74) is 2.49. The van der Waals surface area contributed by atoms with Crippen molar-refractivity contribution < 1.29 is 18.0 Å². The average molecular weight is 427 g/mol. The van der Waals surface area contributed by atoms with Gasteiger partial charge in [0.2, 0.25) is 0 Å². The molecule has 162 valence electrons. The second-order valence-corrected chi connectivity index (χ2v) is 7.29. The number of nitrogens with one attached hydrogen (secondary N) is 1. The van der Waals surface area contributed by atoms with Crippen molar-refractivity contribution in [1.82, 2.24) is 9.47 Å². The molecule has 1 aromatic heterocycles. The van der Waals surface area contributed by atoms with E-state index in [1.807, 2.05) is 48.0 Å². The van der Waals surface area contributed by atoms with Crippen molar-refractivity contribution in [3.05, 3.63) is 102 Å². The van der Waals surface area contributed by atoms with Crippen LogP contribution in [0.3, 0.4) is 0 Å². The molecule has 31 heavy (non-hydrogen) atoms. The number of urea groups is 1. The Balaban J connectivity index is 1.74. The van der Waals surface area contributed by atoms with Gasteiger partial charge in [-0.2, -0.15) is 13.2 Å². The van der Waals surface area contributed by atoms with Crippen LogP contribution in [0.4, 0.5) is 23.7 Å². The number of hydrogen-bond acceptors (Lipinski definition) is 1. The number of benzene rings is 2. The third-order valence-corrected chi connectivity index (χ3v) is 4.79. The predicted molar refractivity (Wildman–Crippen MR) is 116 cm³/mol. The summed E-state index contributed by atoms with van der Waals surface area (Å²) in [5, 5.41) is 2.56. The first-order valence-electron chi connectivity index (χ1n) is 9.80. The smallest absolute Gasteiger partial charge is 0.345 e. The summed E-state index contributed by atoms with van der Waals surface area (Å²) < 4.78 is 40.9. The summed E-state index contributed by atoms with van der Waals surface area (Å²) in [6.45, 7) is 6.91. The van der Waals surface area contributed by atoms with Crippen molar-refractivity contribution in [1.29, 1.82) is 0 Å². The van der Waals surface area contributed by atoms with Crippen LogP contribution in [0.2, 0.25) is 0 Å². The minimum Gasteiger partial charge on any atom is -0.345 e. The summed E-state index contributed by atoms with van der Waals surface area (Å²) in [6, 6.07) is 16.1. The number of aromatic nitrogens is 1. The van der Waals surface area contributed by atoms with Gasteiger partial charge < -0.3 is 14.8 Å². The molecular weight excluding hydrogens is 403 g/mol. The molecule has 0 radical (unpaired) electrons. The molecule has 2 amide bonds. The van der Waals surface area contributed by atoms with Gasteiger partial charge in [-0.15, -0.1) is 6.58 Å². The second-order valence-electron chi connectivity index (χ2n) is 7.29. The number of alkyl halides is 3. The predicted octanol–water partition coefficient (Wildman–Crippen LogP) is 6.08. The van der Waals surface area contributed by atoms with Crippen molar-refractivity contribution >= 4 is 11.7 Å². The highest BCUT2D eigenvalue weighted by Gasteiger charge is 2.30. The van der Waals surface area contributed by atoms with Crippen LogP contribution in [0.1, 0.15) is 22.4 Å². The lowest BCUT2D eigenvalue weighted by molar-refractivity contribution is -0.137. The Hall–Kier alpha value is -3.48. The fourth-order valence-electron chi connectivity index (χ4n) is 3.30. The van der Waals surface area contributed by atoms with E-state index in [1.165, 1.54) is 22.6 Å². The van der Waals surface area contributed by atoms with Gasteiger partial charge in [0.15, 0.2) is 0 Å². The second kappa shape index (κ2) is 9.55. The van der Waals surface area contributed by atoms with Crippen LogP contribution in [0.15, 0.2) is 79.5 Å². The minimum absolute atomic E-state index is 0.0871. The molecule has 3 aromatic rings. The minimum atomic E-state index is -4.47. The van der Waals surface area contributed by atoms with E-state index >= 15 is 0 Å². The Morgan fingerprint density at radius 1 is 1.13 bits per heavy atom. The van der Waals surface area contributed by atoms with Crippen LogP contribution in [-0.2, 0) is 19.3 Å². The molecule has 3 rings (SSSR count). The standard InChI is InChI=1S/C24H24F3N3O/c1-3-12-30(23(31)28-21-10-5-9-20(15-21)24(25,26)27)17-22-11-6-13-29(22)16-19-8-4-7-18(2)14-19/h3-11,13-15H,1,12,16-17H2,2H3,(H,28,31). The van der Waals surface area contributed by atoms with Crippen LogP contribution >= 0.6 is 0 Å². The number of rotatable bonds is 7. The van der Waals surface area contributed by atoms with Gasteiger partial charge in [0.1, 0.15) is 0 Å². The maximum absolute atomic E-state index is 12.9. The maximum atomic E-state index is 12.9. The molecule has 0 aliphatic heterocycles. The molecule has 4 nitrogen and oxygen atoms in total. The Kier molecular flexibility index (Phi) is 6.84. The Morgan fingerprint density at radius 2 is 1.90 bits per heavy atom. The zero-order valence-electron chi connectivity index (χ0n) is 17.2. The van der Waals surface area contributed by atoms with E-state index in [4.69, 9.17) is 0 Å². The van der Waals surface area contributed by atoms with Crippen molar-refractivity contribution in [3.8, 4) is 0 Å². The molecule has 0 aliphatic carbocycles. The highest BCUT2D eigenvalue weighted by atomic mass is 19.4. The van der Waals surface area contributed by atoms with Gasteiger partial charge in [-0.3, -0.25) is 0 Å². The summed E-state index contributed by atoms with van der Waals surface area (Å²) in [4.78, 5) is 14.3. The van der Waals surface area contributed by atoms with E-state index < -0.39 is 17.8 Å². The number of halogens is 3. The van der Waals surface area contributed by atoms with Crippen LogP contribution in [0.5, 0.6) is 0 Å². The molecule has 1 N–H and O–H groups in total. The molecule has 0 unspecified atom stereocenters. The molecular formula is C24H24F3N3O.